The highest BCUT2D eigenvalue weighted by Gasteiger charge is 2.23. The minimum atomic E-state index is -0.349. The zero-order valence-corrected chi connectivity index (χ0v) is 15.6. The first-order valence-electron chi connectivity index (χ1n) is 9.23. The largest absolute Gasteiger partial charge is 0.332 e. The van der Waals surface area contributed by atoms with Crippen molar-refractivity contribution in [3.05, 3.63) is 68.8 Å². The molecule has 0 aromatic carbocycles. The molecule has 7 nitrogen and oxygen atoms in total. The van der Waals surface area contributed by atoms with Gasteiger partial charge in [-0.05, 0) is 43.7 Å². The van der Waals surface area contributed by atoms with Crippen LogP contribution in [0.25, 0.3) is 11.0 Å². The predicted molar refractivity (Wildman–Crippen MR) is 104 cm³/mol. The summed E-state index contributed by atoms with van der Waals surface area (Å²) in [5.41, 5.74) is 1.82. The van der Waals surface area contributed by atoms with Crippen molar-refractivity contribution in [1.82, 2.24) is 24.0 Å². The first kappa shape index (κ1) is 17.6. The second-order valence-electron chi connectivity index (χ2n) is 7.21. The van der Waals surface area contributed by atoms with Crippen LogP contribution in [0.15, 0.2) is 46.1 Å². The van der Waals surface area contributed by atoms with E-state index in [4.69, 9.17) is 4.98 Å². The summed E-state index contributed by atoms with van der Waals surface area (Å²) >= 11 is 0. The van der Waals surface area contributed by atoms with Gasteiger partial charge in [0.15, 0.2) is 0 Å². The third-order valence-corrected chi connectivity index (χ3v) is 5.36. The summed E-state index contributed by atoms with van der Waals surface area (Å²) in [5, 5.41) is 0.476. The fourth-order valence-electron chi connectivity index (χ4n) is 3.86. The second kappa shape index (κ2) is 7.08. The summed E-state index contributed by atoms with van der Waals surface area (Å²) < 4.78 is 2.58. The average molecular weight is 365 g/mol. The van der Waals surface area contributed by atoms with Gasteiger partial charge in [0.25, 0.3) is 5.56 Å². The molecule has 4 rings (SSSR count). The third kappa shape index (κ3) is 3.30. The van der Waals surface area contributed by atoms with Gasteiger partial charge < -0.3 is 0 Å². The molecule has 1 saturated heterocycles. The van der Waals surface area contributed by atoms with Crippen molar-refractivity contribution < 1.29 is 0 Å². The Bertz CT molecular complexity index is 1090. The Morgan fingerprint density at radius 3 is 2.74 bits per heavy atom. The van der Waals surface area contributed by atoms with Crippen LogP contribution in [-0.2, 0) is 20.6 Å². The summed E-state index contributed by atoms with van der Waals surface area (Å²) in [6.07, 6.45) is 3.96. The summed E-state index contributed by atoms with van der Waals surface area (Å²) in [5.74, 6) is 0.283. The minimum absolute atomic E-state index is 0.283. The van der Waals surface area contributed by atoms with Crippen molar-refractivity contribution in [1.29, 1.82) is 0 Å². The van der Waals surface area contributed by atoms with Gasteiger partial charge in [-0.25, -0.2) is 9.78 Å². The molecule has 0 unspecified atom stereocenters. The van der Waals surface area contributed by atoms with E-state index in [-0.39, 0.29) is 17.2 Å². The highest BCUT2D eigenvalue weighted by molar-refractivity contribution is 5.74. The second-order valence-corrected chi connectivity index (χ2v) is 7.21. The lowest BCUT2D eigenvalue weighted by molar-refractivity contribution is 0.196. The Balaban J connectivity index is 1.64. The normalized spacial score (nSPS) is 18.1. The molecule has 0 saturated carbocycles. The monoisotopic (exact) mass is 365 g/mol. The predicted octanol–water partition coefficient (Wildman–Crippen LogP) is 1.41. The molecule has 0 N–H and O–H groups in total. The molecule has 27 heavy (non-hydrogen) atoms. The Morgan fingerprint density at radius 1 is 1.11 bits per heavy atom. The van der Waals surface area contributed by atoms with Gasteiger partial charge in [-0.2, -0.15) is 0 Å². The SMILES string of the molecule is Cn1c(=O)c2ccc([C@@H]3CCCN(Cc4ccccn4)C3)nc2n(C)c1=O. The summed E-state index contributed by atoms with van der Waals surface area (Å²) in [6.45, 7) is 2.76. The van der Waals surface area contributed by atoms with Crippen molar-refractivity contribution >= 4 is 11.0 Å². The van der Waals surface area contributed by atoms with E-state index in [1.165, 1.54) is 11.6 Å². The molecule has 1 fully saturated rings. The number of pyridine rings is 2. The number of nitrogens with zero attached hydrogens (tertiary/aromatic N) is 5. The first-order chi connectivity index (χ1) is 13.0. The fourth-order valence-corrected chi connectivity index (χ4v) is 3.86. The molecule has 0 spiro atoms. The van der Waals surface area contributed by atoms with E-state index in [0.29, 0.717) is 11.0 Å². The molecule has 3 aromatic heterocycles. The zero-order valence-electron chi connectivity index (χ0n) is 15.6. The van der Waals surface area contributed by atoms with Crippen LogP contribution in [-0.4, -0.2) is 37.1 Å². The zero-order chi connectivity index (χ0) is 19.0. The molecular formula is C20H23N5O2. The number of piperidine rings is 1. The van der Waals surface area contributed by atoms with Crippen molar-refractivity contribution in [2.24, 2.45) is 14.1 Å². The Labute approximate surface area is 156 Å². The van der Waals surface area contributed by atoms with Gasteiger partial charge in [-0.1, -0.05) is 6.07 Å². The average Bonchev–Trinajstić information content (AvgIpc) is 2.71. The molecule has 1 aliphatic heterocycles. The molecule has 7 heteroatoms. The number of aryl methyl sites for hydroxylation is 1. The maximum absolute atomic E-state index is 12.3. The quantitative estimate of drug-likeness (QED) is 0.702. The molecule has 140 valence electrons. The Morgan fingerprint density at radius 2 is 1.96 bits per heavy atom. The van der Waals surface area contributed by atoms with Gasteiger partial charge >= 0.3 is 5.69 Å². The lowest BCUT2D eigenvalue weighted by Gasteiger charge is -2.32. The topological polar surface area (TPSA) is 73.0 Å². The molecule has 0 radical (unpaired) electrons. The third-order valence-electron chi connectivity index (χ3n) is 5.36. The lowest BCUT2D eigenvalue weighted by atomic mass is 9.94. The number of hydrogen-bond acceptors (Lipinski definition) is 5. The number of fused-ring (bicyclic) bond motifs is 1. The van der Waals surface area contributed by atoms with Crippen LogP contribution < -0.4 is 11.2 Å². The molecule has 0 aliphatic carbocycles. The standard InChI is InChI=1S/C20H23N5O2/c1-23-18-16(19(26)24(2)20(23)27)8-9-17(22-18)14-6-5-11-25(12-14)13-15-7-3-4-10-21-15/h3-4,7-10,14H,5-6,11-13H2,1-2H3/t14-/m1/s1. The summed E-state index contributed by atoms with van der Waals surface area (Å²) in [7, 11) is 3.16. The van der Waals surface area contributed by atoms with Gasteiger partial charge in [0, 0.05) is 45.0 Å². The molecule has 1 atom stereocenters. The minimum Gasteiger partial charge on any atom is -0.297 e. The van der Waals surface area contributed by atoms with E-state index in [1.807, 2.05) is 30.5 Å². The molecule has 1 aliphatic rings. The van der Waals surface area contributed by atoms with Gasteiger partial charge in [-0.15, -0.1) is 0 Å². The van der Waals surface area contributed by atoms with Crippen LogP contribution in [0.5, 0.6) is 0 Å². The maximum atomic E-state index is 12.3. The highest BCUT2D eigenvalue weighted by Crippen LogP contribution is 2.27. The van der Waals surface area contributed by atoms with Crippen molar-refractivity contribution in [3.8, 4) is 0 Å². The number of rotatable bonds is 3. The van der Waals surface area contributed by atoms with Gasteiger partial charge in [0.05, 0.1) is 11.1 Å². The van der Waals surface area contributed by atoms with E-state index in [1.54, 1.807) is 13.1 Å². The molecule has 0 amide bonds. The van der Waals surface area contributed by atoms with Gasteiger partial charge in [0.1, 0.15) is 5.65 Å². The summed E-state index contributed by atoms with van der Waals surface area (Å²) in [4.78, 5) is 36.1. The van der Waals surface area contributed by atoms with Crippen LogP contribution in [0.4, 0.5) is 0 Å². The first-order valence-corrected chi connectivity index (χ1v) is 9.23. The van der Waals surface area contributed by atoms with E-state index < -0.39 is 0 Å². The van der Waals surface area contributed by atoms with Crippen molar-refractivity contribution in [3.63, 3.8) is 0 Å². The Hall–Kier alpha value is -2.80. The van der Waals surface area contributed by atoms with E-state index >= 15 is 0 Å². The highest BCUT2D eigenvalue weighted by atomic mass is 16.2. The molecule has 0 bridgehead atoms. The smallest absolute Gasteiger partial charge is 0.297 e. The molecule has 3 aromatic rings. The number of aromatic nitrogens is 4. The maximum Gasteiger partial charge on any atom is 0.332 e. The number of hydrogen-bond donors (Lipinski definition) is 0. The van der Waals surface area contributed by atoms with Crippen LogP contribution >= 0.6 is 0 Å². The number of likely N-dealkylation sites (tertiary alicyclic amines) is 1. The molecule has 4 heterocycles. The van der Waals surface area contributed by atoms with Crippen LogP contribution in [0.2, 0.25) is 0 Å². The summed E-state index contributed by atoms with van der Waals surface area (Å²) in [6, 6.07) is 9.72. The fraction of sp³-hybridized carbons (Fsp3) is 0.400. The Kier molecular flexibility index (Phi) is 4.61. The van der Waals surface area contributed by atoms with Crippen LogP contribution in [0.1, 0.15) is 30.1 Å². The van der Waals surface area contributed by atoms with Crippen molar-refractivity contribution in [2.75, 3.05) is 13.1 Å². The van der Waals surface area contributed by atoms with Gasteiger partial charge in [-0.3, -0.25) is 23.8 Å². The van der Waals surface area contributed by atoms with Crippen LogP contribution in [0, 0.1) is 0 Å². The van der Waals surface area contributed by atoms with E-state index in [0.717, 1.165) is 48.4 Å². The van der Waals surface area contributed by atoms with Gasteiger partial charge in [0.2, 0.25) is 0 Å². The van der Waals surface area contributed by atoms with Crippen LogP contribution in [0.3, 0.4) is 0 Å². The van der Waals surface area contributed by atoms with E-state index in [9.17, 15) is 9.59 Å². The van der Waals surface area contributed by atoms with E-state index in [2.05, 4.69) is 9.88 Å². The lowest BCUT2D eigenvalue weighted by Crippen LogP contribution is -2.38. The van der Waals surface area contributed by atoms with Crippen molar-refractivity contribution in [2.45, 2.75) is 25.3 Å². The molecular weight excluding hydrogens is 342 g/mol.